The number of nitrogen functional groups attached to an aromatic ring is 1. The molecule has 0 unspecified atom stereocenters. The van der Waals surface area contributed by atoms with E-state index in [2.05, 4.69) is 5.32 Å². The Morgan fingerprint density at radius 2 is 2.13 bits per heavy atom. The van der Waals surface area contributed by atoms with Crippen LogP contribution in [0.3, 0.4) is 0 Å². The van der Waals surface area contributed by atoms with Crippen molar-refractivity contribution in [3.8, 4) is 5.75 Å². The molecule has 1 rings (SSSR count). The third kappa shape index (κ3) is 4.21. The summed E-state index contributed by atoms with van der Waals surface area (Å²) in [6.07, 6.45) is -1.05. The summed E-state index contributed by atoms with van der Waals surface area (Å²) in [4.78, 5) is 10.3. The molecule has 1 aromatic carbocycles. The minimum Gasteiger partial charge on any atom is -0.491 e. The molecule has 0 saturated carbocycles. The highest BCUT2D eigenvalue weighted by molar-refractivity contribution is 5.64. The fourth-order valence-electron chi connectivity index (χ4n) is 1.04. The summed E-state index contributed by atoms with van der Waals surface area (Å²) < 4.78 is 5.34. The lowest BCUT2D eigenvalue weighted by atomic mass is 10.3. The van der Waals surface area contributed by atoms with E-state index in [-0.39, 0.29) is 12.6 Å². The molecule has 0 fully saturated rings. The van der Waals surface area contributed by atoms with E-state index >= 15 is 0 Å². The molecule has 15 heavy (non-hydrogen) atoms. The average molecular weight is 210 g/mol. The first-order valence-electron chi connectivity index (χ1n) is 4.55. The number of nitrogens with one attached hydrogen (secondary N) is 1. The molecular formula is C10H14N2O3. The van der Waals surface area contributed by atoms with Gasteiger partial charge in [-0.05, 0) is 31.2 Å². The van der Waals surface area contributed by atoms with Crippen LogP contribution in [0.15, 0.2) is 24.3 Å². The standard InChI is InChI=1S/C10H14N2O3/c1-7(12-10(13)14)6-15-9-4-2-8(11)3-5-9/h2-5,7,12H,6,11H2,1H3,(H,13,14)/t7-/m0/s1. The van der Waals surface area contributed by atoms with E-state index in [1.165, 1.54) is 0 Å². The largest absolute Gasteiger partial charge is 0.491 e. The molecule has 0 heterocycles. The maximum atomic E-state index is 10.3. The lowest BCUT2D eigenvalue weighted by Gasteiger charge is -2.12. The van der Waals surface area contributed by atoms with E-state index in [1.54, 1.807) is 31.2 Å². The van der Waals surface area contributed by atoms with Crippen LogP contribution < -0.4 is 15.8 Å². The van der Waals surface area contributed by atoms with Crippen molar-refractivity contribution in [3.05, 3.63) is 24.3 Å². The molecule has 0 saturated heterocycles. The van der Waals surface area contributed by atoms with Crippen molar-refractivity contribution in [2.75, 3.05) is 12.3 Å². The minimum absolute atomic E-state index is 0.250. The zero-order valence-corrected chi connectivity index (χ0v) is 8.43. The van der Waals surface area contributed by atoms with Gasteiger partial charge < -0.3 is 20.9 Å². The Labute approximate surface area is 87.9 Å². The van der Waals surface area contributed by atoms with Crippen LogP contribution in [0.1, 0.15) is 6.92 Å². The lowest BCUT2D eigenvalue weighted by molar-refractivity contribution is 0.183. The molecule has 1 amide bonds. The van der Waals surface area contributed by atoms with Crippen LogP contribution in [0.5, 0.6) is 5.75 Å². The molecule has 0 bridgehead atoms. The number of amides is 1. The number of hydrogen-bond acceptors (Lipinski definition) is 3. The molecule has 5 heteroatoms. The molecule has 0 aliphatic carbocycles. The number of carbonyl (C=O) groups is 1. The van der Waals surface area contributed by atoms with E-state index in [0.717, 1.165) is 0 Å². The van der Waals surface area contributed by atoms with Crippen molar-refractivity contribution >= 4 is 11.8 Å². The number of benzene rings is 1. The second kappa shape index (κ2) is 5.09. The quantitative estimate of drug-likeness (QED) is 0.654. The monoisotopic (exact) mass is 210 g/mol. The summed E-state index contributed by atoms with van der Waals surface area (Å²) in [5, 5.41) is 10.7. The number of carboxylic acid groups (broad SMARTS) is 1. The summed E-state index contributed by atoms with van der Waals surface area (Å²) in [5.41, 5.74) is 6.17. The van der Waals surface area contributed by atoms with Crippen LogP contribution in [-0.4, -0.2) is 23.8 Å². The van der Waals surface area contributed by atoms with E-state index in [4.69, 9.17) is 15.6 Å². The van der Waals surface area contributed by atoms with Gasteiger partial charge in [0.2, 0.25) is 0 Å². The van der Waals surface area contributed by atoms with Gasteiger partial charge in [0.1, 0.15) is 12.4 Å². The second-order valence-electron chi connectivity index (χ2n) is 3.23. The Kier molecular flexibility index (Phi) is 3.79. The molecule has 4 N–H and O–H groups in total. The molecule has 0 aromatic heterocycles. The molecule has 1 aromatic rings. The van der Waals surface area contributed by atoms with Crippen LogP contribution in [-0.2, 0) is 0 Å². The van der Waals surface area contributed by atoms with E-state index in [1.807, 2.05) is 0 Å². The van der Waals surface area contributed by atoms with E-state index in [0.29, 0.717) is 11.4 Å². The average Bonchev–Trinajstić information content (AvgIpc) is 2.16. The Bertz CT molecular complexity index is 324. The summed E-state index contributed by atoms with van der Waals surface area (Å²) in [6, 6.07) is 6.68. The first-order valence-corrected chi connectivity index (χ1v) is 4.55. The van der Waals surface area contributed by atoms with Crippen LogP contribution >= 0.6 is 0 Å². The number of ether oxygens (including phenoxy) is 1. The predicted molar refractivity (Wildman–Crippen MR) is 57.0 cm³/mol. The van der Waals surface area contributed by atoms with Crippen molar-refractivity contribution in [3.63, 3.8) is 0 Å². The van der Waals surface area contributed by atoms with Gasteiger partial charge in [0.25, 0.3) is 0 Å². The van der Waals surface area contributed by atoms with Gasteiger partial charge >= 0.3 is 6.09 Å². The Balaban J connectivity index is 2.36. The fraction of sp³-hybridized carbons (Fsp3) is 0.300. The highest BCUT2D eigenvalue weighted by Crippen LogP contribution is 2.12. The maximum absolute atomic E-state index is 10.3. The topological polar surface area (TPSA) is 84.6 Å². The van der Waals surface area contributed by atoms with Gasteiger partial charge in [0, 0.05) is 5.69 Å². The number of nitrogens with two attached hydrogens (primary N) is 1. The molecule has 0 spiro atoms. The summed E-state index contributed by atoms with van der Waals surface area (Å²) in [7, 11) is 0. The van der Waals surface area contributed by atoms with Crippen molar-refractivity contribution in [1.29, 1.82) is 0 Å². The number of hydrogen-bond donors (Lipinski definition) is 3. The first kappa shape index (κ1) is 11.2. The van der Waals surface area contributed by atoms with Crippen LogP contribution in [0.25, 0.3) is 0 Å². The van der Waals surface area contributed by atoms with Crippen LogP contribution in [0.4, 0.5) is 10.5 Å². The predicted octanol–water partition coefficient (Wildman–Crippen LogP) is 1.30. The molecular weight excluding hydrogens is 196 g/mol. The highest BCUT2D eigenvalue weighted by atomic mass is 16.5. The van der Waals surface area contributed by atoms with Crippen molar-refractivity contribution in [2.24, 2.45) is 0 Å². The second-order valence-corrected chi connectivity index (χ2v) is 3.23. The third-order valence-electron chi connectivity index (χ3n) is 1.75. The zero-order chi connectivity index (χ0) is 11.3. The van der Waals surface area contributed by atoms with E-state index in [9.17, 15) is 4.79 Å². The highest BCUT2D eigenvalue weighted by Gasteiger charge is 2.05. The third-order valence-corrected chi connectivity index (χ3v) is 1.75. The van der Waals surface area contributed by atoms with Gasteiger partial charge in [-0.1, -0.05) is 0 Å². The van der Waals surface area contributed by atoms with Gasteiger partial charge in [-0.25, -0.2) is 4.79 Å². The van der Waals surface area contributed by atoms with Gasteiger partial charge in [-0.3, -0.25) is 0 Å². The van der Waals surface area contributed by atoms with E-state index < -0.39 is 6.09 Å². The summed E-state index contributed by atoms with van der Waals surface area (Å²) >= 11 is 0. The molecule has 1 atom stereocenters. The molecule has 0 aliphatic heterocycles. The molecule has 5 nitrogen and oxygen atoms in total. The van der Waals surface area contributed by atoms with Gasteiger partial charge in [-0.2, -0.15) is 0 Å². The Morgan fingerprint density at radius 1 is 1.53 bits per heavy atom. The Morgan fingerprint density at radius 3 is 2.67 bits per heavy atom. The summed E-state index contributed by atoms with van der Waals surface area (Å²) in [5.74, 6) is 0.670. The number of rotatable bonds is 4. The smallest absolute Gasteiger partial charge is 0.404 e. The van der Waals surface area contributed by atoms with Gasteiger partial charge in [0.05, 0.1) is 6.04 Å². The minimum atomic E-state index is -1.05. The zero-order valence-electron chi connectivity index (χ0n) is 8.43. The van der Waals surface area contributed by atoms with Crippen molar-refractivity contribution in [1.82, 2.24) is 5.32 Å². The first-order chi connectivity index (χ1) is 7.08. The van der Waals surface area contributed by atoms with Crippen molar-refractivity contribution in [2.45, 2.75) is 13.0 Å². The van der Waals surface area contributed by atoms with Crippen LogP contribution in [0, 0.1) is 0 Å². The van der Waals surface area contributed by atoms with Gasteiger partial charge in [-0.15, -0.1) is 0 Å². The normalized spacial score (nSPS) is 11.8. The maximum Gasteiger partial charge on any atom is 0.404 e. The Hall–Kier alpha value is -1.91. The number of anilines is 1. The lowest BCUT2D eigenvalue weighted by Crippen LogP contribution is -2.35. The van der Waals surface area contributed by atoms with Crippen LogP contribution in [0.2, 0.25) is 0 Å². The summed E-state index contributed by atoms with van der Waals surface area (Å²) in [6.45, 7) is 2.02. The molecule has 82 valence electrons. The van der Waals surface area contributed by atoms with Gasteiger partial charge in [0.15, 0.2) is 0 Å². The molecule has 0 aliphatic rings. The van der Waals surface area contributed by atoms with Crippen molar-refractivity contribution < 1.29 is 14.6 Å². The fourth-order valence-corrected chi connectivity index (χ4v) is 1.04. The molecule has 0 radical (unpaired) electrons. The SMILES string of the molecule is C[C@@H](COc1ccc(N)cc1)NC(=O)O.